The summed E-state index contributed by atoms with van der Waals surface area (Å²) in [5.41, 5.74) is 2.46. The van der Waals surface area contributed by atoms with E-state index in [4.69, 9.17) is 4.74 Å². The highest BCUT2D eigenvalue weighted by molar-refractivity contribution is 6.05. The molecule has 2 aliphatic heterocycles. The second-order valence-corrected chi connectivity index (χ2v) is 9.05. The van der Waals surface area contributed by atoms with Gasteiger partial charge in [0.2, 0.25) is 0 Å². The summed E-state index contributed by atoms with van der Waals surface area (Å²) in [6.07, 6.45) is 7.85. The molecule has 10 heteroatoms. The molecule has 8 nitrogen and oxygen atoms in total. The fourth-order valence-electron chi connectivity index (χ4n) is 4.54. The predicted octanol–water partition coefficient (Wildman–Crippen LogP) is 3.60. The van der Waals surface area contributed by atoms with E-state index >= 15 is 4.39 Å². The zero-order valence-electron chi connectivity index (χ0n) is 20.2. The number of halogens is 2. The molecular weight excluding hydrogens is 466 g/mol. The number of anilines is 2. The number of aliphatic imine (C=N–C) groups is 1. The Kier molecular flexibility index (Phi) is 6.80. The standard InChI is InChI=1S/C26H28F2N6O2/c1-3-4-16-9-22(30-12-16)31-23-11-24(34-6-5-29-17(13-34)14-35)33-26(32-23)36-21-10-20(27)18-7-15(2)8-19(18)25(21)28/h3-4,8-11,17,29,35H,5-7,12-14H2,1-2H3,(H,30,31,32,33)/b4-3+. The number of nitrogens with one attached hydrogen (secondary N) is 2. The number of hydrogen-bond donors (Lipinski definition) is 3. The third-order valence-corrected chi connectivity index (χ3v) is 6.25. The average Bonchev–Trinajstić information content (AvgIpc) is 3.49. The highest BCUT2D eigenvalue weighted by atomic mass is 19.1. The van der Waals surface area contributed by atoms with Gasteiger partial charge in [0, 0.05) is 48.9 Å². The number of ether oxygens (including phenoxy) is 1. The summed E-state index contributed by atoms with van der Waals surface area (Å²) in [7, 11) is 0. The highest BCUT2D eigenvalue weighted by Gasteiger charge is 2.25. The summed E-state index contributed by atoms with van der Waals surface area (Å²) in [6.45, 7) is 6.13. The molecule has 3 N–H and O–H groups in total. The molecule has 36 heavy (non-hydrogen) atoms. The van der Waals surface area contributed by atoms with E-state index in [0.29, 0.717) is 55.6 Å². The van der Waals surface area contributed by atoms with Crippen LogP contribution in [0.4, 0.5) is 20.4 Å². The second-order valence-electron chi connectivity index (χ2n) is 9.05. The van der Waals surface area contributed by atoms with Gasteiger partial charge in [-0.25, -0.2) is 8.78 Å². The molecule has 3 aliphatic rings. The van der Waals surface area contributed by atoms with Crippen molar-refractivity contribution in [2.75, 3.05) is 43.0 Å². The smallest absolute Gasteiger partial charge is 0.326 e. The van der Waals surface area contributed by atoms with Crippen molar-refractivity contribution < 1.29 is 18.6 Å². The van der Waals surface area contributed by atoms with Gasteiger partial charge in [-0.05, 0) is 31.9 Å². The number of allylic oxidation sites excluding steroid dienone is 2. The lowest BCUT2D eigenvalue weighted by molar-refractivity contribution is 0.235. The van der Waals surface area contributed by atoms with Gasteiger partial charge in [0.25, 0.3) is 0 Å². The van der Waals surface area contributed by atoms with E-state index in [1.54, 1.807) is 12.1 Å². The van der Waals surface area contributed by atoms with Gasteiger partial charge in [0.1, 0.15) is 23.3 Å². The van der Waals surface area contributed by atoms with E-state index in [9.17, 15) is 9.50 Å². The molecule has 3 heterocycles. The fourth-order valence-corrected chi connectivity index (χ4v) is 4.54. The Morgan fingerprint density at radius 1 is 1.28 bits per heavy atom. The molecule has 1 unspecified atom stereocenters. The van der Waals surface area contributed by atoms with Crippen molar-refractivity contribution in [3.63, 3.8) is 0 Å². The van der Waals surface area contributed by atoms with E-state index in [1.807, 2.05) is 37.0 Å². The first kappa shape index (κ1) is 24.1. The number of benzene rings is 1. The van der Waals surface area contributed by atoms with Crippen LogP contribution in [0.25, 0.3) is 6.08 Å². The Hall–Kier alpha value is -3.63. The van der Waals surface area contributed by atoms with Crippen LogP contribution in [-0.2, 0) is 6.42 Å². The lowest BCUT2D eigenvalue weighted by Crippen LogP contribution is -2.52. The Bertz CT molecular complexity index is 1300. The Balaban J connectivity index is 1.48. The number of aromatic nitrogens is 2. The van der Waals surface area contributed by atoms with Crippen LogP contribution in [0.15, 0.2) is 46.5 Å². The van der Waals surface area contributed by atoms with Crippen LogP contribution < -0.4 is 20.3 Å². The summed E-state index contributed by atoms with van der Waals surface area (Å²) in [6, 6.07) is 2.56. The molecule has 1 aromatic heterocycles. The van der Waals surface area contributed by atoms with Crippen molar-refractivity contribution in [1.29, 1.82) is 0 Å². The molecule has 1 fully saturated rings. The van der Waals surface area contributed by atoms with Crippen molar-refractivity contribution in [2.45, 2.75) is 26.3 Å². The molecule has 5 rings (SSSR count). The third-order valence-electron chi connectivity index (χ3n) is 6.25. The Labute approximate surface area is 208 Å². The number of aliphatic hydroxyl groups is 1. The van der Waals surface area contributed by atoms with Gasteiger partial charge in [0.15, 0.2) is 11.6 Å². The number of rotatable bonds is 6. The van der Waals surface area contributed by atoms with Gasteiger partial charge in [-0.2, -0.15) is 9.97 Å². The summed E-state index contributed by atoms with van der Waals surface area (Å²) < 4.78 is 35.7. The molecular formula is C26H28F2N6O2. The van der Waals surface area contributed by atoms with Crippen LogP contribution in [0.5, 0.6) is 11.8 Å². The predicted molar refractivity (Wildman–Crippen MR) is 136 cm³/mol. The number of piperazine rings is 1. The molecule has 0 bridgehead atoms. The minimum Gasteiger partial charge on any atom is -0.421 e. The lowest BCUT2D eigenvalue weighted by atomic mass is 10.1. The number of hydrogen-bond acceptors (Lipinski definition) is 8. The Morgan fingerprint density at radius 3 is 2.94 bits per heavy atom. The third kappa shape index (κ3) is 5.00. The maximum Gasteiger partial charge on any atom is 0.326 e. The summed E-state index contributed by atoms with van der Waals surface area (Å²) in [5.74, 6) is 0.122. The molecule has 188 valence electrons. The van der Waals surface area contributed by atoms with E-state index in [0.717, 1.165) is 17.2 Å². The van der Waals surface area contributed by atoms with Crippen molar-refractivity contribution in [2.24, 2.45) is 4.99 Å². The first-order valence-electron chi connectivity index (χ1n) is 11.9. The number of fused-ring (bicyclic) bond motifs is 1. The molecule has 1 atom stereocenters. The normalized spacial score (nSPS) is 19.3. The molecule has 2 aromatic rings. The second kappa shape index (κ2) is 10.2. The first-order valence-corrected chi connectivity index (χ1v) is 11.9. The van der Waals surface area contributed by atoms with Crippen molar-refractivity contribution in [3.05, 3.63) is 64.3 Å². The quantitative estimate of drug-likeness (QED) is 0.565. The van der Waals surface area contributed by atoms with Gasteiger partial charge in [0.05, 0.1) is 13.2 Å². The lowest BCUT2D eigenvalue weighted by Gasteiger charge is -2.33. The largest absolute Gasteiger partial charge is 0.421 e. The van der Waals surface area contributed by atoms with Crippen LogP contribution in [0.2, 0.25) is 0 Å². The van der Waals surface area contributed by atoms with Crippen molar-refractivity contribution in [3.8, 4) is 11.8 Å². The van der Waals surface area contributed by atoms with Crippen molar-refractivity contribution >= 4 is 23.5 Å². The van der Waals surface area contributed by atoms with Crippen LogP contribution in [0.3, 0.4) is 0 Å². The summed E-state index contributed by atoms with van der Waals surface area (Å²) in [5, 5.41) is 16.0. The van der Waals surface area contributed by atoms with E-state index < -0.39 is 11.6 Å². The SMILES string of the molecule is C/C=C/C1=CC(Nc2cc(N3CCNC(CO)C3)nc(Oc3cc(F)c4c(c3F)C=C(C)C4)n2)=NC1. The number of nitrogens with zero attached hydrogens (tertiary/aromatic N) is 4. The summed E-state index contributed by atoms with van der Waals surface area (Å²) >= 11 is 0. The average molecular weight is 495 g/mol. The molecule has 1 aliphatic carbocycles. The van der Waals surface area contributed by atoms with Gasteiger partial charge in [-0.15, -0.1) is 0 Å². The van der Waals surface area contributed by atoms with Gasteiger partial charge in [-0.1, -0.05) is 23.8 Å². The van der Waals surface area contributed by atoms with E-state index in [2.05, 4.69) is 25.6 Å². The topological polar surface area (TPSA) is 94.9 Å². The van der Waals surface area contributed by atoms with Crippen LogP contribution >= 0.6 is 0 Å². The van der Waals surface area contributed by atoms with Crippen LogP contribution in [0.1, 0.15) is 25.0 Å². The van der Waals surface area contributed by atoms with E-state index in [1.165, 1.54) is 0 Å². The number of aliphatic hydroxyl groups excluding tert-OH is 1. The minimum atomic E-state index is -0.645. The maximum atomic E-state index is 15.2. The zero-order valence-corrected chi connectivity index (χ0v) is 20.2. The fraction of sp³-hybridized carbons (Fsp3) is 0.346. The van der Waals surface area contributed by atoms with Crippen LogP contribution in [-0.4, -0.2) is 59.7 Å². The monoisotopic (exact) mass is 494 g/mol. The van der Waals surface area contributed by atoms with Crippen molar-refractivity contribution in [1.82, 2.24) is 15.3 Å². The van der Waals surface area contributed by atoms with Gasteiger partial charge < -0.3 is 25.4 Å². The number of amidine groups is 1. The highest BCUT2D eigenvalue weighted by Crippen LogP contribution is 2.36. The van der Waals surface area contributed by atoms with Gasteiger partial charge >= 0.3 is 6.01 Å². The first-order chi connectivity index (χ1) is 17.4. The zero-order chi connectivity index (χ0) is 25.2. The molecule has 1 aromatic carbocycles. The molecule has 0 saturated carbocycles. The molecule has 1 saturated heterocycles. The minimum absolute atomic E-state index is 0.0160. The maximum absolute atomic E-state index is 15.2. The molecule has 0 spiro atoms. The summed E-state index contributed by atoms with van der Waals surface area (Å²) in [4.78, 5) is 15.4. The van der Waals surface area contributed by atoms with Crippen LogP contribution in [0, 0.1) is 11.6 Å². The molecule has 0 amide bonds. The molecule has 0 radical (unpaired) electrons. The Morgan fingerprint density at radius 2 is 2.14 bits per heavy atom. The van der Waals surface area contributed by atoms with E-state index in [-0.39, 0.29) is 30.0 Å². The van der Waals surface area contributed by atoms with Gasteiger partial charge in [-0.3, -0.25) is 4.99 Å².